The van der Waals surface area contributed by atoms with E-state index in [4.69, 9.17) is 4.74 Å². The van der Waals surface area contributed by atoms with Gasteiger partial charge in [-0.3, -0.25) is 14.4 Å². The summed E-state index contributed by atoms with van der Waals surface area (Å²) in [4.78, 5) is 41.6. The van der Waals surface area contributed by atoms with Crippen LogP contribution in [0.4, 0.5) is 24.7 Å². The molecule has 3 N–H and O–H groups in total. The quantitative estimate of drug-likeness (QED) is 0.327. The highest BCUT2D eigenvalue weighted by Gasteiger charge is 2.34. The van der Waals surface area contributed by atoms with E-state index in [2.05, 4.69) is 15.6 Å². The molecule has 0 aliphatic heterocycles. The number of benzene rings is 2. The summed E-state index contributed by atoms with van der Waals surface area (Å²) in [5.41, 5.74) is -0.115. The van der Waals surface area contributed by atoms with Gasteiger partial charge in [-0.1, -0.05) is 26.2 Å². The Morgan fingerprint density at radius 1 is 1.00 bits per heavy atom. The first-order valence-electron chi connectivity index (χ1n) is 12.0. The van der Waals surface area contributed by atoms with Crippen LogP contribution < -0.4 is 10.6 Å². The number of ketones is 1. The Hall–Kier alpha value is -3.66. The number of methoxy groups -OCH3 is 1. The number of alkyl halides is 3. The number of anilines is 2. The molecule has 0 unspecified atom stereocenters. The summed E-state index contributed by atoms with van der Waals surface area (Å²) in [6, 6.07) is 8.80. The van der Waals surface area contributed by atoms with Crippen LogP contribution in [-0.4, -0.2) is 36.3 Å². The van der Waals surface area contributed by atoms with Gasteiger partial charge in [0.1, 0.15) is 12.4 Å². The fourth-order valence-corrected chi connectivity index (χ4v) is 4.70. The second-order valence-corrected chi connectivity index (χ2v) is 9.60. The molecule has 2 amide bonds. The fourth-order valence-electron chi connectivity index (χ4n) is 4.70. The van der Waals surface area contributed by atoms with Gasteiger partial charge in [0.05, 0.1) is 11.1 Å². The minimum Gasteiger partial charge on any atom is -0.377 e. The summed E-state index contributed by atoms with van der Waals surface area (Å²) in [5.74, 6) is -1.07. The van der Waals surface area contributed by atoms with Crippen LogP contribution in [0.1, 0.15) is 65.3 Å². The number of halogens is 3. The van der Waals surface area contributed by atoms with E-state index in [0.29, 0.717) is 16.6 Å². The number of rotatable bonds is 7. The maximum atomic E-state index is 13.0. The van der Waals surface area contributed by atoms with Crippen molar-refractivity contribution in [3.05, 3.63) is 59.2 Å². The molecule has 0 atom stereocenters. The SMILES string of the molecule is COCC(=O)c1c(NC(=O)c2ccc(C(F)(F)F)cc2)[nH]c2cc(NC(=O)C3(C)CCCCC3)ccc12. The number of carbonyl (C=O) groups excluding carboxylic acids is 3. The van der Waals surface area contributed by atoms with Crippen LogP contribution in [0, 0.1) is 5.41 Å². The van der Waals surface area contributed by atoms with Crippen molar-refractivity contribution < 1.29 is 32.3 Å². The highest BCUT2D eigenvalue weighted by atomic mass is 19.4. The molecule has 1 aromatic heterocycles. The smallest absolute Gasteiger partial charge is 0.377 e. The summed E-state index contributed by atoms with van der Waals surface area (Å²) in [5, 5.41) is 6.06. The summed E-state index contributed by atoms with van der Waals surface area (Å²) < 4.78 is 43.6. The predicted molar refractivity (Wildman–Crippen MR) is 134 cm³/mol. The molecule has 196 valence electrons. The van der Waals surface area contributed by atoms with Gasteiger partial charge in [0.25, 0.3) is 5.91 Å². The minimum atomic E-state index is -4.52. The molecule has 3 aromatic rings. The number of ether oxygens (including phenoxy) is 1. The van der Waals surface area contributed by atoms with E-state index in [9.17, 15) is 27.6 Å². The van der Waals surface area contributed by atoms with E-state index < -0.39 is 28.8 Å². The average Bonchev–Trinajstić information content (AvgIpc) is 3.21. The third-order valence-electron chi connectivity index (χ3n) is 6.83. The molecule has 1 aliphatic carbocycles. The van der Waals surface area contributed by atoms with E-state index >= 15 is 0 Å². The van der Waals surface area contributed by atoms with E-state index in [-0.39, 0.29) is 29.5 Å². The molecule has 0 bridgehead atoms. The number of amides is 2. The van der Waals surface area contributed by atoms with Gasteiger partial charge in [-0.2, -0.15) is 13.2 Å². The average molecular weight is 516 g/mol. The van der Waals surface area contributed by atoms with Crippen LogP contribution in [0.2, 0.25) is 0 Å². The Morgan fingerprint density at radius 2 is 1.68 bits per heavy atom. The highest BCUT2D eigenvalue weighted by Crippen LogP contribution is 2.37. The lowest BCUT2D eigenvalue weighted by molar-refractivity contribution is -0.137. The third-order valence-corrected chi connectivity index (χ3v) is 6.83. The maximum Gasteiger partial charge on any atom is 0.416 e. The Balaban J connectivity index is 1.62. The Labute approximate surface area is 211 Å². The van der Waals surface area contributed by atoms with Crippen molar-refractivity contribution in [1.29, 1.82) is 0 Å². The number of H-pyrrole nitrogens is 1. The number of aromatic nitrogens is 1. The molecule has 10 heteroatoms. The number of hydrogen-bond donors (Lipinski definition) is 3. The van der Waals surface area contributed by atoms with Crippen molar-refractivity contribution in [3.8, 4) is 0 Å². The third kappa shape index (κ3) is 5.69. The van der Waals surface area contributed by atoms with Crippen LogP contribution in [0.5, 0.6) is 0 Å². The van der Waals surface area contributed by atoms with Crippen LogP contribution in [0.15, 0.2) is 42.5 Å². The zero-order valence-electron chi connectivity index (χ0n) is 20.6. The van der Waals surface area contributed by atoms with Crippen molar-refractivity contribution in [2.75, 3.05) is 24.4 Å². The molecule has 1 heterocycles. The van der Waals surface area contributed by atoms with Crippen molar-refractivity contribution in [1.82, 2.24) is 4.98 Å². The lowest BCUT2D eigenvalue weighted by atomic mass is 9.75. The monoisotopic (exact) mass is 515 g/mol. The first-order chi connectivity index (χ1) is 17.5. The van der Waals surface area contributed by atoms with Crippen LogP contribution in [0.3, 0.4) is 0 Å². The molecule has 4 rings (SSSR count). The molecule has 1 aliphatic rings. The molecule has 1 saturated carbocycles. The first-order valence-corrected chi connectivity index (χ1v) is 12.0. The molecule has 7 nitrogen and oxygen atoms in total. The Bertz CT molecular complexity index is 1320. The van der Waals surface area contributed by atoms with E-state index in [1.807, 2.05) is 6.92 Å². The van der Waals surface area contributed by atoms with Crippen LogP contribution >= 0.6 is 0 Å². The molecule has 0 radical (unpaired) electrons. The predicted octanol–water partition coefficient (Wildman–Crippen LogP) is 6.18. The number of Topliss-reactive ketones (excluding diaryl/α,β-unsaturated/α-hetero) is 1. The van der Waals surface area contributed by atoms with Crippen molar-refractivity contribution in [3.63, 3.8) is 0 Å². The molecule has 0 saturated heterocycles. The number of aromatic amines is 1. The van der Waals surface area contributed by atoms with Crippen LogP contribution in [-0.2, 0) is 15.7 Å². The summed E-state index contributed by atoms with van der Waals surface area (Å²) in [6.45, 7) is 1.72. The molecule has 37 heavy (non-hydrogen) atoms. The van der Waals surface area contributed by atoms with Crippen molar-refractivity contribution in [2.24, 2.45) is 5.41 Å². The standard InChI is InChI=1S/C27H28F3N3O4/c1-26(12-4-3-5-13-26)25(36)31-18-10-11-19-20(14-18)32-23(22(19)21(34)15-37-2)33-24(35)16-6-8-17(9-7-16)27(28,29)30/h6-11,14,32H,3-5,12-13,15H2,1-2H3,(H,31,36)(H,33,35). The van der Waals surface area contributed by atoms with Gasteiger partial charge in [-0.25, -0.2) is 0 Å². The van der Waals surface area contributed by atoms with Gasteiger partial charge in [0.15, 0.2) is 5.78 Å². The zero-order chi connectivity index (χ0) is 26.8. The van der Waals surface area contributed by atoms with Gasteiger partial charge < -0.3 is 20.4 Å². The molecular weight excluding hydrogens is 487 g/mol. The first kappa shape index (κ1) is 26.4. The second-order valence-electron chi connectivity index (χ2n) is 9.60. The largest absolute Gasteiger partial charge is 0.416 e. The van der Waals surface area contributed by atoms with E-state index in [0.717, 1.165) is 56.4 Å². The number of carbonyl (C=O) groups is 3. The van der Waals surface area contributed by atoms with E-state index in [1.54, 1.807) is 18.2 Å². The zero-order valence-corrected chi connectivity index (χ0v) is 20.6. The maximum absolute atomic E-state index is 13.0. The molecule has 1 fully saturated rings. The summed E-state index contributed by atoms with van der Waals surface area (Å²) in [6.07, 6.45) is 0.252. The van der Waals surface area contributed by atoms with Gasteiger partial charge in [0, 0.05) is 34.7 Å². The molecule has 0 spiro atoms. The van der Waals surface area contributed by atoms with Gasteiger partial charge in [0.2, 0.25) is 5.91 Å². The van der Waals surface area contributed by atoms with Gasteiger partial charge >= 0.3 is 6.18 Å². The molecular formula is C27H28F3N3O4. The summed E-state index contributed by atoms with van der Waals surface area (Å²) >= 11 is 0. The summed E-state index contributed by atoms with van der Waals surface area (Å²) in [7, 11) is 1.37. The number of nitrogens with one attached hydrogen (secondary N) is 3. The second kappa shape index (κ2) is 10.4. The van der Waals surface area contributed by atoms with Crippen molar-refractivity contribution >= 4 is 40.0 Å². The topological polar surface area (TPSA) is 100 Å². The molecule has 2 aromatic carbocycles. The Morgan fingerprint density at radius 3 is 2.30 bits per heavy atom. The van der Waals surface area contributed by atoms with Gasteiger partial charge in [-0.15, -0.1) is 0 Å². The number of hydrogen-bond acceptors (Lipinski definition) is 4. The lowest BCUT2D eigenvalue weighted by Crippen LogP contribution is -2.35. The Kier molecular flexibility index (Phi) is 7.40. The normalized spacial score (nSPS) is 15.4. The van der Waals surface area contributed by atoms with E-state index in [1.165, 1.54) is 7.11 Å². The van der Waals surface area contributed by atoms with Crippen LogP contribution in [0.25, 0.3) is 10.9 Å². The fraction of sp³-hybridized carbons (Fsp3) is 0.370. The van der Waals surface area contributed by atoms with Crippen molar-refractivity contribution in [2.45, 2.75) is 45.2 Å². The lowest BCUT2D eigenvalue weighted by Gasteiger charge is -2.32. The highest BCUT2D eigenvalue weighted by molar-refractivity contribution is 6.17. The minimum absolute atomic E-state index is 0.00882. The number of fused-ring (bicyclic) bond motifs is 1. The van der Waals surface area contributed by atoms with Gasteiger partial charge in [-0.05, 0) is 55.3 Å².